The van der Waals surface area contributed by atoms with Crippen molar-refractivity contribution >= 4 is 22.5 Å². The fourth-order valence-corrected chi connectivity index (χ4v) is 3.02. The van der Waals surface area contributed by atoms with E-state index in [2.05, 4.69) is 23.8 Å². The number of ketones is 2. The summed E-state index contributed by atoms with van der Waals surface area (Å²) in [5.41, 5.74) is 3.63. The third kappa shape index (κ3) is 1.61. The van der Waals surface area contributed by atoms with E-state index >= 15 is 0 Å². The van der Waals surface area contributed by atoms with E-state index in [1.807, 2.05) is 18.2 Å². The van der Waals surface area contributed by atoms with Gasteiger partial charge in [0.05, 0.1) is 16.8 Å². The Kier molecular flexibility index (Phi) is 2.57. The molecule has 0 unspecified atom stereocenters. The number of fused-ring (bicyclic) bond motifs is 4. The van der Waals surface area contributed by atoms with Gasteiger partial charge in [-0.15, -0.1) is 0 Å². The Morgan fingerprint density at radius 2 is 1.86 bits per heavy atom. The number of benzene rings is 1. The highest BCUT2D eigenvalue weighted by Crippen LogP contribution is 2.33. The maximum atomic E-state index is 12.8. The molecule has 0 fully saturated rings. The van der Waals surface area contributed by atoms with E-state index in [0.29, 0.717) is 28.3 Å². The van der Waals surface area contributed by atoms with Crippen molar-refractivity contribution < 1.29 is 9.59 Å². The van der Waals surface area contributed by atoms with E-state index in [1.165, 1.54) is 12.4 Å². The monoisotopic (exact) mass is 290 g/mol. The molecule has 0 atom stereocenters. The second-order valence-electron chi connectivity index (χ2n) is 5.91. The van der Waals surface area contributed by atoms with Crippen molar-refractivity contribution in [1.82, 2.24) is 9.97 Å². The molecule has 4 rings (SSSR count). The predicted octanol–water partition coefficient (Wildman–Crippen LogP) is 3.46. The number of carbonyl (C=O) groups excluding carboxylic acids is 2. The highest BCUT2D eigenvalue weighted by Gasteiger charge is 2.33. The number of carbonyl (C=O) groups is 2. The fourth-order valence-electron chi connectivity index (χ4n) is 3.02. The van der Waals surface area contributed by atoms with Crippen molar-refractivity contribution in [2.75, 3.05) is 0 Å². The molecule has 1 N–H and O–H groups in total. The van der Waals surface area contributed by atoms with E-state index in [-0.39, 0.29) is 11.6 Å². The van der Waals surface area contributed by atoms with Gasteiger partial charge in [-0.25, -0.2) is 0 Å². The normalized spacial score (nSPS) is 13.6. The quantitative estimate of drug-likeness (QED) is 0.584. The van der Waals surface area contributed by atoms with E-state index in [4.69, 9.17) is 0 Å². The molecule has 0 saturated heterocycles. The number of rotatable bonds is 1. The van der Waals surface area contributed by atoms with Crippen LogP contribution in [-0.2, 0) is 0 Å². The number of aromatic nitrogens is 2. The zero-order valence-corrected chi connectivity index (χ0v) is 12.3. The van der Waals surface area contributed by atoms with Crippen LogP contribution in [0.1, 0.15) is 57.3 Å². The third-order valence-electron chi connectivity index (χ3n) is 4.25. The molecule has 2 aromatic heterocycles. The molecule has 0 bridgehead atoms. The first-order chi connectivity index (χ1) is 10.6. The first kappa shape index (κ1) is 13.0. The Balaban J connectivity index is 2.05. The minimum absolute atomic E-state index is 0.134. The van der Waals surface area contributed by atoms with Crippen molar-refractivity contribution in [1.29, 1.82) is 0 Å². The van der Waals surface area contributed by atoms with E-state index < -0.39 is 0 Å². The number of hydrogen-bond acceptors (Lipinski definition) is 3. The van der Waals surface area contributed by atoms with Crippen LogP contribution in [0.25, 0.3) is 10.9 Å². The van der Waals surface area contributed by atoms with Gasteiger partial charge in [0.15, 0.2) is 5.78 Å². The maximum absolute atomic E-state index is 12.8. The molecule has 22 heavy (non-hydrogen) atoms. The average molecular weight is 290 g/mol. The summed E-state index contributed by atoms with van der Waals surface area (Å²) < 4.78 is 0. The molecule has 1 aliphatic rings. The maximum Gasteiger partial charge on any atom is 0.210 e. The summed E-state index contributed by atoms with van der Waals surface area (Å²) in [6.07, 6.45) is 3.01. The largest absolute Gasteiger partial charge is 0.351 e. The number of pyridine rings is 1. The van der Waals surface area contributed by atoms with Crippen LogP contribution in [0, 0.1) is 0 Å². The Labute approximate surface area is 127 Å². The summed E-state index contributed by atoms with van der Waals surface area (Å²) in [7, 11) is 0. The minimum Gasteiger partial charge on any atom is -0.351 e. The smallest absolute Gasteiger partial charge is 0.210 e. The lowest BCUT2D eigenvalue weighted by Gasteiger charge is -2.13. The van der Waals surface area contributed by atoms with E-state index in [1.54, 1.807) is 6.07 Å². The SMILES string of the molecule is CC(C)c1ccc2[nH]c3c(c2c1)C(=O)c1cnccc1C3=O. The predicted molar refractivity (Wildman–Crippen MR) is 83.5 cm³/mol. The molecule has 2 heterocycles. The molecule has 0 aliphatic heterocycles. The van der Waals surface area contributed by atoms with Gasteiger partial charge >= 0.3 is 0 Å². The molecule has 1 aromatic carbocycles. The number of aromatic amines is 1. The van der Waals surface area contributed by atoms with Gasteiger partial charge in [-0.05, 0) is 29.7 Å². The van der Waals surface area contributed by atoms with Gasteiger partial charge in [-0.1, -0.05) is 19.9 Å². The molecule has 4 nitrogen and oxygen atoms in total. The molecule has 0 radical (unpaired) electrons. The molecule has 0 spiro atoms. The fraction of sp³-hybridized carbons (Fsp3) is 0.167. The van der Waals surface area contributed by atoms with Crippen LogP contribution in [0.4, 0.5) is 0 Å². The average Bonchev–Trinajstić information content (AvgIpc) is 2.91. The van der Waals surface area contributed by atoms with Crippen LogP contribution in [0.15, 0.2) is 36.7 Å². The molecule has 0 amide bonds. The second kappa shape index (κ2) is 4.37. The van der Waals surface area contributed by atoms with Crippen molar-refractivity contribution in [2.45, 2.75) is 19.8 Å². The minimum atomic E-state index is -0.144. The van der Waals surface area contributed by atoms with Gasteiger partial charge in [0, 0.05) is 28.9 Å². The molecular formula is C18H14N2O2. The van der Waals surface area contributed by atoms with E-state index in [9.17, 15) is 9.59 Å². The van der Waals surface area contributed by atoms with Crippen molar-refractivity contribution in [2.24, 2.45) is 0 Å². The number of hydrogen-bond donors (Lipinski definition) is 1. The Morgan fingerprint density at radius 1 is 1.05 bits per heavy atom. The molecule has 3 aromatic rings. The van der Waals surface area contributed by atoms with Crippen molar-refractivity contribution in [3.05, 3.63) is 64.6 Å². The zero-order chi connectivity index (χ0) is 15.4. The van der Waals surface area contributed by atoms with Crippen molar-refractivity contribution in [3.63, 3.8) is 0 Å². The summed E-state index contributed by atoms with van der Waals surface area (Å²) in [5.74, 6) is 0.0810. The number of H-pyrrole nitrogens is 1. The first-order valence-corrected chi connectivity index (χ1v) is 7.27. The molecular weight excluding hydrogens is 276 g/mol. The molecule has 0 saturated carbocycles. The van der Waals surface area contributed by atoms with E-state index in [0.717, 1.165) is 16.5 Å². The highest BCUT2D eigenvalue weighted by atomic mass is 16.1. The zero-order valence-electron chi connectivity index (χ0n) is 12.3. The van der Waals surface area contributed by atoms with Crippen LogP contribution < -0.4 is 0 Å². The van der Waals surface area contributed by atoms with Gasteiger partial charge in [-0.2, -0.15) is 0 Å². The van der Waals surface area contributed by atoms with Crippen LogP contribution in [0.3, 0.4) is 0 Å². The summed E-state index contributed by atoms with van der Waals surface area (Å²) in [6.45, 7) is 4.21. The van der Waals surface area contributed by atoms with Crippen molar-refractivity contribution in [3.8, 4) is 0 Å². The summed E-state index contributed by atoms with van der Waals surface area (Å²) >= 11 is 0. The van der Waals surface area contributed by atoms with Gasteiger partial charge in [0.2, 0.25) is 5.78 Å². The Morgan fingerprint density at radius 3 is 2.64 bits per heavy atom. The van der Waals surface area contributed by atoms with Gasteiger partial charge in [0.25, 0.3) is 0 Å². The highest BCUT2D eigenvalue weighted by molar-refractivity contribution is 6.31. The number of nitrogens with one attached hydrogen (secondary N) is 1. The van der Waals surface area contributed by atoms with Crippen LogP contribution >= 0.6 is 0 Å². The van der Waals surface area contributed by atoms with Gasteiger partial charge in [0.1, 0.15) is 0 Å². The lowest BCUT2D eigenvalue weighted by atomic mass is 9.87. The van der Waals surface area contributed by atoms with Crippen LogP contribution in [0.5, 0.6) is 0 Å². The van der Waals surface area contributed by atoms with Gasteiger partial charge < -0.3 is 4.98 Å². The summed E-state index contributed by atoms with van der Waals surface area (Å²) in [4.78, 5) is 32.5. The topological polar surface area (TPSA) is 62.8 Å². The Bertz CT molecular complexity index is 951. The molecule has 108 valence electrons. The number of nitrogens with zero attached hydrogens (tertiary/aromatic N) is 1. The Hall–Kier alpha value is -2.75. The molecule has 4 heteroatoms. The van der Waals surface area contributed by atoms with Crippen LogP contribution in [-0.4, -0.2) is 21.5 Å². The first-order valence-electron chi connectivity index (χ1n) is 7.27. The summed E-state index contributed by atoms with van der Waals surface area (Å²) in [6, 6.07) is 7.57. The summed E-state index contributed by atoms with van der Waals surface area (Å²) in [5, 5.41) is 0.814. The standard InChI is InChI=1S/C18H14N2O2/c1-9(2)10-3-4-14-12(7-10)15-16(20-14)18(22)11-5-6-19-8-13(11)17(15)21/h3-9,20H,1-2H3. The van der Waals surface area contributed by atoms with Crippen LogP contribution in [0.2, 0.25) is 0 Å². The lowest BCUT2D eigenvalue weighted by Crippen LogP contribution is -2.20. The second-order valence-corrected chi connectivity index (χ2v) is 5.91. The molecule has 1 aliphatic carbocycles. The third-order valence-corrected chi connectivity index (χ3v) is 4.25. The van der Waals surface area contributed by atoms with Gasteiger partial charge in [-0.3, -0.25) is 14.6 Å². The lowest BCUT2D eigenvalue weighted by molar-refractivity contribution is 0.0977.